The normalized spacial score (nSPS) is 18.1. The van der Waals surface area contributed by atoms with E-state index in [1.807, 2.05) is 0 Å². The lowest BCUT2D eigenvalue weighted by molar-refractivity contribution is -0.137. The quantitative estimate of drug-likeness (QED) is 0.850. The molecule has 0 aliphatic carbocycles. The highest BCUT2D eigenvalue weighted by Crippen LogP contribution is 2.31. The standard InChI is InChI=1S/C18H16F3N3O/c19-18(20,21)14-3-1-12(2-4-14)15-11-23-8-5-16(15)24-9-6-13(7-10-24)17(22)25/h1-5,11,13H,6-7,9-10H2,(H-,22,25)/p+1. The van der Waals surface area contributed by atoms with Crippen molar-refractivity contribution in [3.8, 4) is 0 Å². The molecule has 0 atom stereocenters. The van der Waals surface area contributed by atoms with Gasteiger partial charge in [0.2, 0.25) is 5.91 Å². The van der Waals surface area contributed by atoms with Crippen molar-refractivity contribution < 1.29 is 18.0 Å². The number of piperidine rings is 1. The van der Waals surface area contributed by atoms with Crippen LogP contribution < -0.4 is 10.4 Å². The summed E-state index contributed by atoms with van der Waals surface area (Å²) in [6, 6.07) is 5.02. The van der Waals surface area contributed by atoms with E-state index in [0.29, 0.717) is 31.5 Å². The summed E-state index contributed by atoms with van der Waals surface area (Å²) in [5.74, 6) is 2.36. The van der Waals surface area contributed by atoms with E-state index in [-0.39, 0.29) is 11.8 Å². The molecule has 2 aliphatic heterocycles. The van der Waals surface area contributed by atoms with Gasteiger partial charge in [-0.3, -0.25) is 4.79 Å². The van der Waals surface area contributed by atoms with E-state index in [0.717, 1.165) is 23.4 Å². The molecule has 4 nitrogen and oxygen atoms in total. The number of allylic oxidation sites excluding steroid dienone is 2. The van der Waals surface area contributed by atoms with Crippen LogP contribution in [-0.2, 0) is 11.0 Å². The minimum Gasteiger partial charge on any atom is -0.370 e. The highest BCUT2D eigenvalue weighted by atomic mass is 19.4. The number of benzene rings is 1. The topological polar surface area (TPSA) is 60.4 Å². The van der Waals surface area contributed by atoms with E-state index >= 15 is 0 Å². The van der Waals surface area contributed by atoms with Crippen LogP contribution in [0, 0.1) is 5.92 Å². The molecule has 1 aromatic rings. The van der Waals surface area contributed by atoms with Gasteiger partial charge in [0, 0.05) is 19.0 Å². The summed E-state index contributed by atoms with van der Waals surface area (Å²) in [4.78, 5) is 13.4. The first-order valence-electron chi connectivity index (χ1n) is 7.94. The molecule has 2 N–H and O–H groups in total. The molecular formula is C18H17F3N3O+. The number of carbonyl (C=O) groups is 1. The molecule has 1 fully saturated rings. The number of nitrogens with zero attached hydrogens (tertiary/aromatic N) is 2. The van der Waals surface area contributed by atoms with E-state index in [1.54, 1.807) is 12.3 Å². The fourth-order valence-electron chi connectivity index (χ4n) is 3.07. The van der Waals surface area contributed by atoms with Crippen LogP contribution in [0.1, 0.15) is 24.0 Å². The van der Waals surface area contributed by atoms with Gasteiger partial charge in [0.05, 0.1) is 22.9 Å². The zero-order valence-corrected chi connectivity index (χ0v) is 13.4. The predicted molar refractivity (Wildman–Crippen MR) is 89.6 cm³/mol. The Balaban J connectivity index is 1.87. The predicted octanol–water partition coefficient (Wildman–Crippen LogP) is 1.99. The van der Waals surface area contributed by atoms with Crippen LogP contribution in [0.3, 0.4) is 0 Å². The van der Waals surface area contributed by atoms with Crippen molar-refractivity contribution in [2.75, 3.05) is 13.1 Å². The van der Waals surface area contributed by atoms with E-state index in [9.17, 15) is 18.0 Å². The van der Waals surface area contributed by atoms with E-state index in [2.05, 4.69) is 15.4 Å². The largest absolute Gasteiger partial charge is 0.416 e. The molecule has 0 aromatic heterocycles. The summed E-state index contributed by atoms with van der Waals surface area (Å²) in [6.45, 7) is 1.30. The zero-order valence-electron chi connectivity index (χ0n) is 13.4. The molecule has 3 rings (SSSR count). The average Bonchev–Trinajstić information content (AvgIpc) is 2.61. The van der Waals surface area contributed by atoms with Gasteiger partial charge in [-0.15, -0.1) is 0 Å². The molecule has 0 spiro atoms. The Bertz CT molecular complexity index is 803. The van der Waals surface area contributed by atoms with Gasteiger partial charge in [-0.2, -0.15) is 13.2 Å². The first-order chi connectivity index (χ1) is 11.9. The van der Waals surface area contributed by atoms with Gasteiger partial charge in [-0.05, 0) is 35.2 Å². The summed E-state index contributed by atoms with van der Waals surface area (Å²) in [5.41, 5.74) is 6.91. The number of amides is 1. The first kappa shape index (κ1) is 17.1. The summed E-state index contributed by atoms with van der Waals surface area (Å²) >= 11 is 0. The summed E-state index contributed by atoms with van der Waals surface area (Å²) < 4.78 is 42.2. The number of likely N-dealkylation sites (tertiary alicyclic amines) is 1. The van der Waals surface area contributed by atoms with Crippen molar-refractivity contribution in [2.24, 2.45) is 11.7 Å². The van der Waals surface area contributed by atoms with Gasteiger partial charge >= 0.3 is 18.3 Å². The molecule has 7 heteroatoms. The Labute approximate surface area is 142 Å². The molecule has 1 aromatic carbocycles. The Morgan fingerprint density at radius 1 is 1.20 bits per heavy atom. The maximum atomic E-state index is 12.7. The van der Waals surface area contributed by atoms with Gasteiger partial charge in [0.25, 0.3) is 0 Å². The summed E-state index contributed by atoms with van der Waals surface area (Å²) in [7, 11) is 0. The lowest BCUT2D eigenvalue weighted by atomic mass is 9.94. The smallest absolute Gasteiger partial charge is 0.370 e. The van der Waals surface area contributed by atoms with Crippen LogP contribution in [0.4, 0.5) is 13.2 Å². The van der Waals surface area contributed by atoms with Crippen molar-refractivity contribution in [3.05, 3.63) is 47.2 Å². The summed E-state index contributed by atoms with van der Waals surface area (Å²) in [5, 5.41) is 0. The monoisotopic (exact) mass is 348 g/mol. The number of nitrogens with two attached hydrogens (primary N) is 1. The highest BCUT2D eigenvalue weighted by molar-refractivity contribution is 6.13. The van der Waals surface area contributed by atoms with Crippen LogP contribution in [0.5, 0.6) is 0 Å². The second-order valence-corrected chi connectivity index (χ2v) is 6.07. The molecule has 130 valence electrons. The molecule has 2 aliphatic rings. The van der Waals surface area contributed by atoms with E-state index in [1.165, 1.54) is 12.1 Å². The molecule has 1 amide bonds. The van der Waals surface area contributed by atoms with Crippen molar-refractivity contribution in [1.82, 2.24) is 9.57 Å². The third-order valence-electron chi connectivity index (χ3n) is 4.51. The number of hydrogen-bond donors (Lipinski definition) is 1. The Kier molecular flexibility index (Phi) is 4.53. The van der Waals surface area contributed by atoms with Crippen molar-refractivity contribution in [2.45, 2.75) is 19.0 Å². The second-order valence-electron chi connectivity index (χ2n) is 6.07. The molecule has 0 unspecified atom stereocenters. The van der Waals surface area contributed by atoms with Gasteiger partial charge in [-0.1, -0.05) is 12.1 Å². The van der Waals surface area contributed by atoms with Gasteiger partial charge in [0.15, 0.2) is 0 Å². The van der Waals surface area contributed by atoms with Gasteiger partial charge < -0.3 is 10.6 Å². The maximum absolute atomic E-state index is 12.7. The molecule has 25 heavy (non-hydrogen) atoms. The maximum Gasteiger partial charge on any atom is 0.416 e. The number of halogens is 3. The van der Waals surface area contributed by atoms with Crippen LogP contribution >= 0.6 is 0 Å². The van der Waals surface area contributed by atoms with Crippen molar-refractivity contribution in [3.63, 3.8) is 0 Å². The number of primary amides is 1. The lowest BCUT2D eigenvalue weighted by Gasteiger charge is -2.33. The van der Waals surface area contributed by atoms with Crippen LogP contribution in [0.25, 0.3) is 5.57 Å². The average molecular weight is 348 g/mol. The first-order valence-corrected chi connectivity index (χ1v) is 7.94. The molecular weight excluding hydrogens is 331 g/mol. The molecule has 1 saturated heterocycles. The van der Waals surface area contributed by atoms with Crippen LogP contribution in [-0.4, -0.2) is 36.0 Å². The minimum absolute atomic E-state index is 0.128. The third-order valence-corrected chi connectivity index (χ3v) is 4.51. The zero-order chi connectivity index (χ0) is 18.0. The second kappa shape index (κ2) is 6.63. The number of alkyl halides is 3. The van der Waals surface area contributed by atoms with E-state index < -0.39 is 11.7 Å². The number of rotatable bonds is 3. The molecule has 0 bridgehead atoms. The summed E-state index contributed by atoms with van der Waals surface area (Å²) in [6.07, 6.45) is 0.268. The Morgan fingerprint density at radius 2 is 1.84 bits per heavy atom. The Morgan fingerprint density at radius 3 is 2.40 bits per heavy atom. The van der Waals surface area contributed by atoms with Crippen LogP contribution in [0.2, 0.25) is 0 Å². The van der Waals surface area contributed by atoms with Crippen molar-refractivity contribution in [1.29, 1.82) is 0 Å². The lowest BCUT2D eigenvalue weighted by Crippen LogP contribution is -2.38. The van der Waals surface area contributed by atoms with E-state index in [4.69, 9.17) is 5.73 Å². The minimum atomic E-state index is -4.36. The number of hydrogen-bond acceptors (Lipinski definition) is 2. The number of carbonyl (C=O) groups excluding carboxylic acids is 1. The fourth-order valence-corrected chi connectivity index (χ4v) is 3.07. The Hall–Kier alpha value is -2.75. The SMILES string of the molecule is NC(=O)C1CCN(C2=C(c3ccc(C(F)(F)F)cc3)C=[N+]=C=C2)CC1. The van der Waals surface area contributed by atoms with Crippen LogP contribution in [0.15, 0.2) is 36.0 Å². The molecule has 0 saturated carbocycles. The molecule has 0 radical (unpaired) electrons. The van der Waals surface area contributed by atoms with Crippen molar-refractivity contribution >= 4 is 23.6 Å². The third kappa shape index (κ3) is 3.68. The van der Waals surface area contributed by atoms with Gasteiger partial charge in [0.1, 0.15) is 0 Å². The fraction of sp³-hybridized carbons (Fsp3) is 0.333. The molecule has 2 heterocycles. The highest BCUT2D eigenvalue weighted by Gasteiger charge is 2.31. The van der Waals surface area contributed by atoms with Gasteiger partial charge in [-0.25, -0.2) is 0 Å².